The summed E-state index contributed by atoms with van der Waals surface area (Å²) in [6.45, 7) is 12.1. The summed E-state index contributed by atoms with van der Waals surface area (Å²) >= 11 is 6.07. The molecule has 0 saturated heterocycles. The van der Waals surface area contributed by atoms with E-state index in [4.69, 9.17) is 22.1 Å². The first-order valence-electron chi connectivity index (χ1n) is 10.8. The van der Waals surface area contributed by atoms with Crippen LogP contribution in [0.25, 0.3) is 0 Å². The van der Waals surface area contributed by atoms with E-state index >= 15 is 0 Å². The zero-order valence-electron chi connectivity index (χ0n) is 19.3. The molecule has 32 heavy (non-hydrogen) atoms. The molecule has 4 rings (SSSR count). The molecule has 2 aromatic rings. The van der Waals surface area contributed by atoms with E-state index in [1.807, 2.05) is 31.2 Å². The van der Waals surface area contributed by atoms with Crippen LogP contribution < -0.4 is 10.2 Å². The number of hydrogen-bond donors (Lipinski definition) is 1. The fourth-order valence-corrected chi connectivity index (χ4v) is 4.38. The van der Waals surface area contributed by atoms with Crippen LogP contribution in [0.1, 0.15) is 63.3 Å². The van der Waals surface area contributed by atoms with Crippen molar-refractivity contribution in [2.45, 2.75) is 57.2 Å². The van der Waals surface area contributed by atoms with Gasteiger partial charge in [-0.15, -0.1) is 11.6 Å². The average molecular weight is 449 g/mol. The van der Waals surface area contributed by atoms with Crippen molar-refractivity contribution < 1.29 is 4.79 Å². The molecule has 0 spiro atoms. The van der Waals surface area contributed by atoms with Crippen LogP contribution in [0, 0.1) is 22.7 Å². The molecular formula is C26H29ClN4O. The van der Waals surface area contributed by atoms with E-state index in [9.17, 15) is 4.79 Å². The largest absolute Gasteiger partial charge is 0.384 e. The third kappa shape index (κ3) is 4.45. The second kappa shape index (κ2) is 8.85. The molecule has 0 saturated carbocycles. The highest BCUT2D eigenvalue weighted by atomic mass is 35.5. The van der Waals surface area contributed by atoms with Gasteiger partial charge in [0, 0.05) is 35.3 Å². The number of carbonyl (C=O) groups is 1. The molecule has 0 radical (unpaired) electrons. The van der Waals surface area contributed by atoms with Crippen molar-refractivity contribution in [1.29, 1.82) is 10.5 Å². The van der Waals surface area contributed by atoms with E-state index in [-0.39, 0.29) is 16.7 Å². The number of amides is 1. The number of carbonyl (C=O) groups excluding carboxylic acids is 1. The number of rotatable bonds is 2. The first-order valence-corrected chi connectivity index (χ1v) is 11.3. The highest BCUT2D eigenvalue weighted by Crippen LogP contribution is 2.41. The predicted molar refractivity (Wildman–Crippen MR) is 129 cm³/mol. The summed E-state index contributed by atoms with van der Waals surface area (Å²) in [5.74, 6) is -0.0777. The highest BCUT2D eigenvalue weighted by molar-refractivity contribution is 6.33. The van der Waals surface area contributed by atoms with E-state index in [1.54, 1.807) is 17.0 Å². The maximum Gasteiger partial charge on any atom is 0.245 e. The number of anilines is 2. The number of halogens is 1. The Bertz CT molecular complexity index is 1120. The Morgan fingerprint density at radius 3 is 2.25 bits per heavy atom. The summed E-state index contributed by atoms with van der Waals surface area (Å²) in [5, 5.41) is 20.5. The Labute approximate surface area is 195 Å². The molecule has 2 aliphatic heterocycles. The number of nitrogens with zero attached hydrogens (tertiary/aromatic N) is 3. The first-order chi connectivity index (χ1) is 15.0. The molecule has 2 aliphatic rings. The minimum atomic E-state index is -0.507. The smallest absolute Gasteiger partial charge is 0.245 e. The quantitative estimate of drug-likeness (QED) is 0.618. The van der Waals surface area contributed by atoms with Gasteiger partial charge in [-0.2, -0.15) is 10.5 Å². The zero-order chi connectivity index (χ0) is 23.7. The topological polar surface area (TPSA) is 79.9 Å². The molecular weight excluding hydrogens is 420 g/mol. The monoisotopic (exact) mass is 448 g/mol. The second-order valence-electron chi connectivity index (χ2n) is 9.64. The van der Waals surface area contributed by atoms with E-state index in [0.717, 1.165) is 29.0 Å². The maximum absolute atomic E-state index is 12.3. The first kappa shape index (κ1) is 23.6. The Hall–Kier alpha value is -3.02. The Kier molecular flexibility index (Phi) is 6.54. The summed E-state index contributed by atoms with van der Waals surface area (Å²) in [6.07, 6.45) is 0.602. The molecule has 0 bridgehead atoms. The van der Waals surface area contributed by atoms with Gasteiger partial charge >= 0.3 is 0 Å². The van der Waals surface area contributed by atoms with Gasteiger partial charge in [-0.05, 0) is 41.8 Å². The van der Waals surface area contributed by atoms with Crippen LogP contribution in [0.5, 0.6) is 0 Å². The second-order valence-corrected chi connectivity index (χ2v) is 10.2. The molecule has 6 heteroatoms. The fourth-order valence-electron chi connectivity index (χ4n) is 4.26. The molecule has 0 aromatic heterocycles. The third-order valence-electron chi connectivity index (χ3n) is 6.19. The summed E-state index contributed by atoms with van der Waals surface area (Å²) < 4.78 is 0. The van der Waals surface area contributed by atoms with Gasteiger partial charge < -0.3 is 10.2 Å². The molecule has 0 aliphatic carbocycles. The van der Waals surface area contributed by atoms with Crippen molar-refractivity contribution >= 4 is 28.9 Å². The molecule has 0 unspecified atom stereocenters. The Morgan fingerprint density at radius 2 is 1.66 bits per heavy atom. The van der Waals surface area contributed by atoms with E-state index in [2.05, 4.69) is 45.2 Å². The predicted octanol–water partition coefficient (Wildman–Crippen LogP) is 5.46. The van der Waals surface area contributed by atoms with Gasteiger partial charge in [-0.1, -0.05) is 46.8 Å². The number of nitrogens with one attached hydrogen (secondary N) is 1. The SMILES string of the molecule is CC1(C)CNc2cc(C#N)ccc21.CC[C@@H](Cl)C(=O)N1CC(C)(C)c2ccc(C#N)cc21. The molecule has 0 fully saturated rings. The van der Waals surface area contributed by atoms with Crippen molar-refractivity contribution in [3.8, 4) is 12.1 Å². The van der Waals surface area contributed by atoms with Crippen LogP contribution in [0.4, 0.5) is 11.4 Å². The fraction of sp³-hybridized carbons (Fsp3) is 0.423. The van der Waals surface area contributed by atoms with Crippen LogP contribution in [0.15, 0.2) is 36.4 Å². The van der Waals surface area contributed by atoms with Crippen LogP contribution in [-0.4, -0.2) is 24.4 Å². The van der Waals surface area contributed by atoms with Gasteiger partial charge in [-0.3, -0.25) is 4.79 Å². The van der Waals surface area contributed by atoms with E-state index in [1.165, 1.54) is 5.56 Å². The molecule has 2 aromatic carbocycles. The molecule has 166 valence electrons. The van der Waals surface area contributed by atoms with Gasteiger partial charge in [0.05, 0.1) is 23.3 Å². The normalized spacial score (nSPS) is 17.6. The van der Waals surface area contributed by atoms with E-state index in [0.29, 0.717) is 18.5 Å². The van der Waals surface area contributed by atoms with Gasteiger partial charge in [0.1, 0.15) is 5.38 Å². The highest BCUT2D eigenvalue weighted by Gasteiger charge is 2.39. The summed E-state index contributed by atoms with van der Waals surface area (Å²) in [4.78, 5) is 14.1. The molecule has 1 amide bonds. The number of alkyl halides is 1. The number of hydrogen-bond acceptors (Lipinski definition) is 4. The summed E-state index contributed by atoms with van der Waals surface area (Å²) in [5.41, 5.74) is 5.73. The van der Waals surface area contributed by atoms with Crippen LogP contribution in [0.3, 0.4) is 0 Å². The van der Waals surface area contributed by atoms with Crippen LogP contribution in [-0.2, 0) is 15.6 Å². The lowest BCUT2D eigenvalue weighted by Crippen LogP contribution is -2.38. The minimum absolute atomic E-state index is 0.0777. The molecule has 1 atom stereocenters. The van der Waals surface area contributed by atoms with Gasteiger partial charge in [-0.25, -0.2) is 0 Å². The standard InChI is InChI=1S/C15H17ClN2O.C11H12N2/c1-4-12(16)14(19)18-9-15(2,3)11-6-5-10(8-17)7-13(11)18;1-11(2)7-13-10-5-8(6-12)3-4-9(10)11/h5-7,12H,4,9H2,1-3H3;3-5,13H,7H2,1-2H3/t12-;/m1./s1. The summed E-state index contributed by atoms with van der Waals surface area (Å²) in [6, 6.07) is 15.6. The minimum Gasteiger partial charge on any atom is -0.384 e. The van der Waals surface area contributed by atoms with Crippen molar-refractivity contribution in [1.82, 2.24) is 0 Å². The summed E-state index contributed by atoms with van der Waals surface area (Å²) in [7, 11) is 0. The average Bonchev–Trinajstić information content (AvgIpc) is 3.24. The van der Waals surface area contributed by atoms with E-state index < -0.39 is 5.38 Å². The maximum atomic E-state index is 12.3. The van der Waals surface area contributed by atoms with Crippen molar-refractivity contribution in [2.75, 3.05) is 23.3 Å². The van der Waals surface area contributed by atoms with Crippen LogP contribution >= 0.6 is 11.6 Å². The number of nitriles is 2. The van der Waals surface area contributed by atoms with Gasteiger partial charge in [0.2, 0.25) is 5.91 Å². The zero-order valence-corrected chi connectivity index (χ0v) is 20.0. The number of fused-ring (bicyclic) bond motifs is 2. The Morgan fingerprint density at radius 1 is 1.06 bits per heavy atom. The van der Waals surface area contributed by atoms with Gasteiger partial charge in [0.15, 0.2) is 0 Å². The lowest BCUT2D eigenvalue weighted by molar-refractivity contribution is -0.118. The van der Waals surface area contributed by atoms with Gasteiger partial charge in [0.25, 0.3) is 0 Å². The van der Waals surface area contributed by atoms with Crippen LogP contribution in [0.2, 0.25) is 0 Å². The van der Waals surface area contributed by atoms with Crippen molar-refractivity contribution in [3.05, 3.63) is 58.7 Å². The lowest BCUT2D eigenvalue weighted by atomic mass is 9.86. The molecule has 5 nitrogen and oxygen atoms in total. The van der Waals surface area contributed by atoms with Crippen molar-refractivity contribution in [2.24, 2.45) is 0 Å². The lowest BCUT2D eigenvalue weighted by Gasteiger charge is -2.22. The number of benzene rings is 2. The molecule has 2 heterocycles. The molecule has 1 N–H and O–H groups in total. The third-order valence-corrected chi connectivity index (χ3v) is 6.69. The Balaban J connectivity index is 0.000000193. The van der Waals surface area contributed by atoms with Crippen molar-refractivity contribution in [3.63, 3.8) is 0 Å².